The third-order valence-corrected chi connectivity index (χ3v) is 5.15. The highest BCUT2D eigenvalue weighted by Gasteiger charge is 2.10. The quantitative estimate of drug-likeness (QED) is 0.567. The van der Waals surface area contributed by atoms with E-state index in [9.17, 15) is 9.59 Å². The Hall–Kier alpha value is -2.13. The van der Waals surface area contributed by atoms with E-state index < -0.39 is 0 Å². The Morgan fingerprint density at radius 3 is 2.81 bits per heavy atom. The van der Waals surface area contributed by atoms with Crippen molar-refractivity contribution < 1.29 is 9.59 Å². The Morgan fingerprint density at radius 2 is 2.08 bits per heavy atom. The number of aromatic nitrogens is 2. The third-order valence-electron chi connectivity index (χ3n) is 3.14. The molecule has 0 spiro atoms. The van der Waals surface area contributed by atoms with Crippen LogP contribution in [-0.4, -0.2) is 40.9 Å². The van der Waals surface area contributed by atoms with Gasteiger partial charge in [-0.1, -0.05) is 43.0 Å². The number of anilines is 2. The first-order valence-corrected chi connectivity index (χ1v) is 10.2. The largest absolute Gasteiger partial charge is 0.360 e. The summed E-state index contributed by atoms with van der Waals surface area (Å²) in [6, 6.07) is 6.86. The van der Waals surface area contributed by atoms with Crippen LogP contribution in [0.3, 0.4) is 0 Å². The van der Waals surface area contributed by atoms with Gasteiger partial charge in [-0.2, -0.15) is 0 Å². The van der Waals surface area contributed by atoms with E-state index in [1.54, 1.807) is 24.3 Å². The number of hydrogen-bond donors (Lipinski definition) is 3. The van der Waals surface area contributed by atoms with Crippen LogP contribution in [-0.2, 0) is 4.79 Å². The predicted molar refractivity (Wildman–Crippen MR) is 107 cm³/mol. The molecule has 0 bridgehead atoms. The number of thioether (sulfide) groups is 1. The summed E-state index contributed by atoms with van der Waals surface area (Å²) in [4.78, 5) is 24.0. The maximum Gasteiger partial charge on any atom is 0.251 e. The van der Waals surface area contributed by atoms with E-state index in [4.69, 9.17) is 0 Å². The van der Waals surface area contributed by atoms with E-state index in [0.717, 1.165) is 16.0 Å². The standard InChI is InChI=1S/C17H23N5O2S2/c1-4-18-15(24)12-6-5-7-13(8-12)20-14(23)10-25-17-22-21-16(26-17)19-9-11(2)3/h5-8,11H,4,9-10H2,1-3H3,(H,18,24)(H,19,21)(H,20,23). The second-order valence-corrected chi connectivity index (χ2v) is 8.12. The number of carbonyl (C=O) groups is 2. The molecule has 2 rings (SSSR count). The molecule has 0 unspecified atom stereocenters. The van der Waals surface area contributed by atoms with Crippen LogP contribution in [0.5, 0.6) is 0 Å². The molecule has 9 heteroatoms. The van der Waals surface area contributed by atoms with Crippen molar-refractivity contribution in [3.05, 3.63) is 29.8 Å². The van der Waals surface area contributed by atoms with Gasteiger partial charge in [-0.15, -0.1) is 10.2 Å². The van der Waals surface area contributed by atoms with Crippen molar-refractivity contribution in [3.8, 4) is 0 Å². The topological polar surface area (TPSA) is 96.0 Å². The van der Waals surface area contributed by atoms with Crippen LogP contribution in [0.1, 0.15) is 31.1 Å². The van der Waals surface area contributed by atoms with Crippen molar-refractivity contribution in [2.24, 2.45) is 5.92 Å². The monoisotopic (exact) mass is 393 g/mol. The molecule has 2 aromatic rings. The van der Waals surface area contributed by atoms with Gasteiger partial charge in [-0.05, 0) is 31.0 Å². The van der Waals surface area contributed by atoms with E-state index >= 15 is 0 Å². The van der Waals surface area contributed by atoms with Gasteiger partial charge in [0.1, 0.15) is 0 Å². The molecule has 1 aromatic heterocycles. The van der Waals surface area contributed by atoms with Gasteiger partial charge in [-0.25, -0.2) is 0 Å². The molecular weight excluding hydrogens is 370 g/mol. The first-order chi connectivity index (χ1) is 12.5. The molecule has 26 heavy (non-hydrogen) atoms. The average Bonchev–Trinajstić information content (AvgIpc) is 3.06. The van der Waals surface area contributed by atoms with Crippen LogP contribution in [0.4, 0.5) is 10.8 Å². The summed E-state index contributed by atoms with van der Waals surface area (Å²) in [5, 5.41) is 17.6. The van der Waals surface area contributed by atoms with Gasteiger partial charge in [0.05, 0.1) is 5.75 Å². The van der Waals surface area contributed by atoms with Crippen LogP contribution < -0.4 is 16.0 Å². The molecule has 1 aromatic carbocycles. The van der Waals surface area contributed by atoms with Crippen molar-refractivity contribution in [1.29, 1.82) is 0 Å². The second kappa shape index (κ2) is 10.1. The highest BCUT2D eigenvalue weighted by Crippen LogP contribution is 2.25. The molecule has 1 heterocycles. The van der Waals surface area contributed by atoms with Crippen molar-refractivity contribution in [3.63, 3.8) is 0 Å². The first-order valence-electron chi connectivity index (χ1n) is 8.36. The Balaban J connectivity index is 1.83. The lowest BCUT2D eigenvalue weighted by molar-refractivity contribution is -0.113. The molecule has 140 valence electrons. The van der Waals surface area contributed by atoms with Gasteiger partial charge in [-0.3, -0.25) is 9.59 Å². The summed E-state index contributed by atoms with van der Waals surface area (Å²) < 4.78 is 0.738. The Morgan fingerprint density at radius 1 is 1.27 bits per heavy atom. The zero-order valence-electron chi connectivity index (χ0n) is 15.0. The van der Waals surface area contributed by atoms with E-state index in [-0.39, 0.29) is 17.6 Å². The molecular formula is C17H23N5O2S2. The van der Waals surface area contributed by atoms with Crippen LogP contribution in [0.15, 0.2) is 28.6 Å². The van der Waals surface area contributed by atoms with Gasteiger partial charge in [0, 0.05) is 24.3 Å². The normalized spacial score (nSPS) is 10.6. The summed E-state index contributed by atoms with van der Waals surface area (Å²) in [5.41, 5.74) is 1.11. The maximum absolute atomic E-state index is 12.1. The molecule has 7 nitrogen and oxygen atoms in total. The van der Waals surface area contributed by atoms with Crippen LogP contribution in [0.2, 0.25) is 0 Å². The summed E-state index contributed by atoms with van der Waals surface area (Å²) in [5.74, 6) is 0.434. The van der Waals surface area contributed by atoms with E-state index in [2.05, 4.69) is 40.0 Å². The highest BCUT2D eigenvalue weighted by atomic mass is 32.2. The minimum atomic E-state index is -0.159. The Labute approximate surface area is 161 Å². The van der Waals surface area contributed by atoms with Crippen LogP contribution >= 0.6 is 23.1 Å². The number of nitrogens with zero attached hydrogens (tertiary/aromatic N) is 2. The lowest BCUT2D eigenvalue weighted by Gasteiger charge is -2.07. The van der Waals surface area contributed by atoms with Crippen LogP contribution in [0, 0.1) is 5.92 Å². The molecule has 0 atom stereocenters. The first kappa shape index (κ1) is 20.2. The predicted octanol–water partition coefficient (Wildman–Crippen LogP) is 3.09. The molecule has 0 saturated carbocycles. The second-order valence-electron chi connectivity index (χ2n) is 5.92. The molecule has 0 saturated heterocycles. The molecule has 0 fully saturated rings. The number of amides is 2. The fourth-order valence-electron chi connectivity index (χ4n) is 1.96. The molecule has 0 aliphatic carbocycles. The smallest absolute Gasteiger partial charge is 0.251 e. The molecule has 2 amide bonds. The summed E-state index contributed by atoms with van der Waals surface area (Å²) in [6.45, 7) is 7.49. The van der Waals surface area contributed by atoms with Crippen molar-refractivity contribution >= 4 is 45.7 Å². The van der Waals surface area contributed by atoms with Gasteiger partial charge < -0.3 is 16.0 Å². The van der Waals surface area contributed by atoms with E-state index in [1.807, 2.05) is 6.92 Å². The van der Waals surface area contributed by atoms with Crippen LogP contribution in [0.25, 0.3) is 0 Å². The summed E-state index contributed by atoms with van der Waals surface area (Å²) >= 11 is 2.77. The van der Waals surface area contributed by atoms with Gasteiger partial charge in [0.25, 0.3) is 5.91 Å². The summed E-state index contributed by atoms with van der Waals surface area (Å²) in [6.07, 6.45) is 0. The lowest BCUT2D eigenvalue weighted by atomic mass is 10.2. The fourth-order valence-corrected chi connectivity index (χ4v) is 3.51. The Kier molecular flexibility index (Phi) is 7.86. The SMILES string of the molecule is CCNC(=O)c1cccc(NC(=O)CSc2nnc(NCC(C)C)s2)c1. The number of nitrogens with one attached hydrogen (secondary N) is 3. The Bertz CT molecular complexity index is 748. The van der Waals surface area contributed by atoms with Crippen molar-refractivity contribution in [2.75, 3.05) is 29.5 Å². The van der Waals surface area contributed by atoms with Crippen molar-refractivity contribution in [1.82, 2.24) is 15.5 Å². The van der Waals surface area contributed by atoms with E-state index in [0.29, 0.717) is 23.7 Å². The highest BCUT2D eigenvalue weighted by molar-refractivity contribution is 8.01. The number of benzene rings is 1. The zero-order chi connectivity index (χ0) is 18.9. The number of carbonyl (C=O) groups excluding carboxylic acids is 2. The molecule has 3 N–H and O–H groups in total. The molecule has 0 radical (unpaired) electrons. The average molecular weight is 394 g/mol. The summed E-state index contributed by atoms with van der Waals surface area (Å²) in [7, 11) is 0. The van der Waals surface area contributed by atoms with E-state index in [1.165, 1.54) is 23.1 Å². The number of hydrogen-bond acceptors (Lipinski definition) is 7. The molecule has 0 aliphatic rings. The third kappa shape index (κ3) is 6.64. The van der Waals surface area contributed by atoms with Crippen molar-refractivity contribution in [2.45, 2.75) is 25.1 Å². The van der Waals surface area contributed by atoms with Gasteiger partial charge in [0.2, 0.25) is 11.0 Å². The minimum absolute atomic E-state index is 0.157. The zero-order valence-corrected chi connectivity index (χ0v) is 16.7. The van der Waals surface area contributed by atoms with Gasteiger partial charge in [0.15, 0.2) is 4.34 Å². The maximum atomic E-state index is 12.1. The van der Waals surface area contributed by atoms with Gasteiger partial charge >= 0.3 is 0 Å². The minimum Gasteiger partial charge on any atom is -0.360 e. The number of rotatable bonds is 9. The fraction of sp³-hybridized carbons (Fsp3) is 0.412. The lowest BCUT2D eigenvalue weighted by Crippen LogP contribution is -2.23. The molecule has 0 aliphatic heterocycles.